The molecule has 0 bridgehead atoms. The van der Waals surface area contributed by atoms with E-state index in [4.69, 9.17) is 4.74 Å². The number of hydrogen-bond donors (Lipinski definition) is 2. The number of nitrogens with one attached hydrogen (secondary N) is 1. The van der Waals surface area contributed by atoms with Gasteiger partial charge in [0.05, 0.1) is 18.0 Å². The summed E-state index contributed by atoms with van der Waals surface area (Å²) in [5.41, 5.74) is 2.80. The summed E-state index contributed by atoms with van der Waals surface area (Å²) in [4.78, 5) is 24.0. The van der Waals surface area contributed by atoms with Crippen molar-refractivity contribution in [3.8, 4) is 0 Å². The molecule has 146 valence electrons. The highest BCUT2D eigenvalue weighted by Gasteiger charge is 2.30. The Kier molecular flexibility index (Phi) is 7.20. The van der Waals surface area contributed by atoms with Gasteiger partial charge in [0.1, 0.15) is 0 Å². The predicted octanol–water partition coefficient (Wildman–Crippen LogP) is 1.94. The smallest absolute Gasteiger partial charge is 0.308 e. The number of ether oxygens (including phenoxy) is 1. The molecule has 1 unspecified atom stereocenters. The molecule has 0 radical (unpaired) electrons. The van der Waals surface area contributed by atoms with Gasteiger partial charge in [-0.25, -0.2) is 0 Å². The van der Waals surface area contributed by atoms with E-state index in [1.54, 1.807) is 0 Å². The SMILES string of the molecule is Cc1nn(CC(C)C)c(C)c1CC(=O)NCC(C(=O)O)C1CCOCC1. The fourth-order valence-corrected chi connectivity index (χ4v) is 3.53. The summed E-state index contributed by atoms with van der Waals surface area (Å²) in [7, 11) is 0. The van der Waals surface area contributed by atoms with Gasteiger partial charge in [-0.1, -0.05) is 13.8 Å². The largest absolute Gasteiger partial charge is 0.481 e. The number of aliphatic carboxylic acids is 1. The molecule has 1 aliphatic heterocycles. The van der Waals surface area contributed by atoms with E-state index in [-0.39, 0.29) is 24.8 Å². The van der Waals surface area contributed by atoms with Crippen LogP contribution in [-0.4, -0.2) is 46.5 Å². The number of carboxylic acids is 1. The number of carbonyl (C=O) groups excluding carboxylic acids is 1. The van der Waals surface area contributed by atoms with Crippen LogP contribution >= 0.6 is 0 Å². The van der Waals surface area contributed by atoms with Crippen molar-refractivity contribution in [1.29, 1.82) is 0 Å². The first kappa shape index (κ1) is 20.4. The molecule has 1 atom stereocenters. The van der Waals surface area contributed by atoms with Gasteiger partial charge in [-0.05, 0) is 38.5 Å². The molecule has 2 heterocycles. The lowest BCUT2D eigenvalue weighted by Gasteiger charge is -2.27. The van der Waals surface area contributed by atoms with Crippen molar-refractivity contribution in [1.82, 2.24) is 15.1 Å². The number of carbonyl (C=O) groups is 2. The number of carboxylic acid groups (broad SMARTS) is 1. The summed E-state index contributed by atoms with van der Waals surface area (Å²) >= 11 is 0. The van der Waals surface area contributed by atoms with Gasteiger partial charge in [0.2, 0.25) is 5.91 Å². The molecule has 1 amide bonds. The Bertz CT molecular complexity index is 633. The van der Waals surface area contributed by atoms with Crippen LogP contribution in [0.5, 0.6) is 0 Å². The first-order chi connectivity index (χ1) is 12.3. The zero-order chi connectivity index (χ0) is 19.3. The van der Waals surface area contributed by atoms with Gasteiger partial charge in [-0.2, -0.15) is 5.10 Å². The minimum Gasteiger partial charge on any atom is -0.481 e. The maximum Gasteiger partial charge on any atom is 0.308 e. The van der Waals surface area contributed by atoms with Crippen molar-refractivity contribution >= 4 is 11.9 Å². The average molecular weight is 365 g/mol. The Morgan fingerprint density at radius 3 is 2.54 bits per heavy atom. The molecular weight excluding hydrogens is 334 g/mol. The zero-order valence-electron chi connectivity index (χ0n) is 16.2. The number of rotatable bonds is 8. The van der Waals surface area contributed by atoms with Gasteiger partial charge in [-0.15, -0.1) is 0 Å². The third-order valence-corrected chi connectivity index (χ3v) is 5.08. The Hall–Kier alpha value is -1.89. The second-order valence-electron chi connectivity index (χ2n) is 7.60. The van der Waals surface area contributed by atoms with Crippen molar-refractivity contribution in [2.75, 3.05) is 19.8 Å². The highest BCUT2D eigenvalue weighted by Crippen LogP contribution is 2.24. The lowest BCUT2D eigenvalue weighted by atomic mass is 9.86. The van der Waals surface area contributed by atoms with E-state index in [1.807, 2.05) is 18.5 Å². The third kappa shape index (κ3) is 5.30. The number of nitrogens with zero attached hydrogens (tertiary/aromatic N) is 2. The minimum absolute atomic E-state index is 0.0545. The molecular formula is C19H31N3O4. The van der Waals surface area contributed by atoms with Gasteiger partial charge in [0.15, 0.2) is 0 Å². The van der Waals surface area contributed by atoms with Gasteiger partial charge >= 0.3 is 5.97 Å². The van der Waals surface area contributed by atoms with Crippen molar-refractivity contribution in [2.45, 2.75) is 53.5 Å². The molecule has 7 nitrogen and oxygen atoms in total. The molecule has 0 spiro atoms. The van der Waals surface area contributed by atoms with Crippen LogP contribution in [0.2, 0.25) is 0 Å². The normalized spacial score (nSPS) is 16.7. The quantitative estimate of drug-likeness (QED) is 0.734. The maximum absolute atomic E-state index is 12.4. The summed E-state index contributed by atoms with van der Waals surface area (Å²) in [6.45, 7) is 10.3. The van der Waals surface area contributed by atoms with Crippen molar-refractivity contribution in [2.24, 2.45) is 17.8 Å². The van der Waals surface area contributed by atoms with Crippen LogP contribution in [0.4, 0.5) is 0 Å². The standard InChI is InChI=1S/C19H31N3O4/c1-12(2)11-22-14(4)16(13(3)21-22)9-18(23)20-10-17(19(24)25)15-5-7-26-8-6-15/h12,15,17H,5-11H2,1-4H3,(H,20,23)(H,24,25). The Morgan fingerprint density at radius 1 is 1.31 bits per heavy atom. The average Bonchev–Trinajstić information content (AvgIpc) is 2.82. The first-order valence-electron chi connectivity index (χ1n) is 9.39. The fourth-order valence-electron chi connectivity index (χ4n) is 3.53. The molecule has 1 aromatic heterocycles. The monoisotopic (exact) mass is 365 g/mol. The second kappa shape index (κ2) is 9.16. The lowest BCUT2D eigenvalue weighted by Crippen LogP contribution is -2.39. The molecule has 0 saturated carbocycles. The van der Waals surface area contributed by atoms with Crippen LogP contribution in [0.25, 0.3) is 0 Å². The highest BCUT2D eigenvalue weighted by atomic mass is 16.5. The van der Waals surface area contributed by atoms with Crippen LogP contribution in [-0.2, 0) is 27.3 Å². The number of amides is 1. The van der Waals surface area contributed by atoms with Gasteiger partial charge in [-0.3, -0.25) is 14.3 Å². The summed E-state index contributed by atoms with van der Waals surface area (Å²) in [5, 5.41) is 16.8. The molecule has 7 heteroatoms. The predicted molar refractivity (Wildman–Crippen MR) is 97.9 cm³/mol. The van der Waals surface area contributed by atoms with Gasteiger partial charge in [0.25, 0.3) is 0 Å². The molecule has 1 saturated heterocycles. The highest BCUT2D eigenvalue weighted by molar-refractivity contribution is 5.80. The molecule has 1 aromatic rings. The van der Waals surface area contributed by atoms with Crippen LogP contribution in [0.15, 0.2) is 0 Å². The van der Waals surface area contributed by atoms with Crippen LogP contribution in [0.3, 0.4) is 0 Å². The third-order valence-electron chi connectivity index (χ3n) is 5.08. The topological polar surface area (TPSA) is 93.5 Å². The van der Waals surface area contributed by atoms with Crippen molar-refractivity contribution < 1.29 is 19.4 Å². The summed E-state index contributed by atoms with van der Waals surface area (Å²) in [6.07, 6.45) is 1.69. The zero-order valence-corrected chi connectivity index (χ0v) is 16.2. The number of aryl methyl sites for hydroxylation is 1. The van der Waals surface area contributed by atoms with Gasteiger partial charge in [0, 0.05) is 37.6 Å². The van der Waals surface area contributed by atoms with E-state index < -0.39 is 11.9 Å². The molecule has 2 rings (SSSR count). The van der Waals surface area contributed by atoms with E-state index in [1.165, 1.54) is 0 Å². The molecule has 2 N–H and O–H groups in total. The van der Waals surface area contributed by atoms with E-state index >= 15 is 0 Å². The van der Waals surface area contributed by atoms with Gasteiger partial charge < -0.3 is 15.2 Å². The van der Waals surface area contributed by atoms with E-state index in [2.05, 4.69) is 24.3 Å². The Balaban J connectivity index is 1.95. The van der Waals surface area contributed by atoms with Crippen LogP contribution in [0, 0.1) is 31.6 Å². The summed E-state index contributed by atoms with van der Waals surface area (Å²) in [6, 6.07) is 0. The maximum atomic E-state index is 12.4. The van der Waals surface area contributed by atoms with Crippen molar-refractivity contribution in [3.05, 3.63) is 17.0 Å². The molecule has 1 fully saturated rings. The van der Waals surface area contributed by atoms with E-state index in [0.29, 0.717) is 19.1 Å². The Morgan fingerprint density at radius 2 is 1.96 bits per heavy atom. The number of hydrogen-bond acceptors (Lipinski definition) is 4. The molecule has 0 aromatic carbocycles. The van der Waals surface area contributed by atoms with Crippen molar-refractivity contribution in [3.63, 3.8) is 0 Å². The van der Waals surface area contributed by atoms with Crippen LogP contribution < -0.4 is 5.32 Å². The fraction of sp³-hybridized carbons (Fsp3) is 0.737. The number of aromatic nitrogens is 2. The molecule has 0 aliphatic carbocycles. The van der Waals surface area contributed by atoms with E-state index in [0.717, 1.165) is 36.3 Å². The lowest BCUT2D eigenvalue weighted by molar-refractivity contribution is -0.144. The van der Waals surface area contributed by atoms with Crippen LogP contribution in [0.1, 0.15) is 43.6 Å². The molecule has 1 aliphatic rings. The molecule has 26 heavy (non-hydrogen) atoms. The minimum atomic E-state index is -0.852. The Labute approximate surface area is 155 Å². The summed E-state index contributed by atoms with van der Waals surface area (Å²) < 4.78 is 7.25. The first-order valence-corrected chi connectivity index (χ1v) is 9.39. The summed E-state index contributed by atoms with van der Waals surface area (Å²) in [5.74, 6) is -1.04. The second-order valence-corrected chi connectivity index (χ2v) is 7.60. The van der Waals surface area contributed by atoms with E-state index in [9.17, 15) is 14.7 Å².